The standard InChI is InChI=1S/C22H21ClN2O4/c1-14-20(15(2)25(24-14)12-16-6-4-3-5-7-16)22(26)29-13-17-10-18(23)21-19(11-17)27-8-9-28-21/h3-7,10-11H,8-9,12-13H2,1-2H3. The average Bonchev–Trinajstić information content (AvgIpc) is 3.00. The van der Waals surface area contributed by atoms with Crippen molar-refractivity contribution < 1.29 is 19.0 Å². The maximum absolute atomic E-state index is 12.7. The van der Waals surface area contributed by atoms with Crippen LogP contribution in [0.1, 0.15) is 32.9 Å². The molecule has 0 fully saturated rings. The Labute approximate surface area is 174 Å². The lowest BCUT2D eigenvalue weighted by Crippen LogP contribution is -2.16. The largest absolute Gasteiger partial charge is 0.486 e. The topological polar surface area (TPSA) is 62.6 Å². The van der Waals surface area contributed by atoms with Gasteiger partial charge in [-0.2, -0.15) is 5.10 Å². The molecule has 2 aromatic carbocycles. The molecule has 0 atom stereocenters. The van der Waals surface area contributed by atoms with Crippen molar-refractivity contribution in [3.63, 3.8) is 0 Å². The van der Waals surface area contributed by atoms with Gasteiger partial charge in [-0.25, -0.2) is 4.79 Å². The molecule has 1 aromatic heterocycles. The summed E-state index contributed by atoms with van der Waals surface area (Å²) in [5, 5.41) is 4.95. The van der Waals surface area contributed by atoms with Crippen molar-refractivity contribution in [2.75, 3.05) is 13.2 Å². The van der Waals surface area contributed by atoms with Crippen LogP contribution in [0.15, 0.2) is 42.5 Å². The van der Waals surface area contributed by atoms with Crippen molar-refractivity contribution in [2.24, 2.45) is 0 Å². The van der Waals surface area contributed by atoms with Crippen molar-refractivity contribution in [3.8, 4) is 11.5 Å². The summed E-state index contributed by atoms with van der Waals surface area (Å²) in [7, 11) is 0. The van der Waals surface area contributed by atoms with E-state index in [1.165, 1.54) is 0 Å². The van der Waals surface area contributed by atoms with Gasteiger partial charge in [0.1, 0.15) is 25.4 Å². The summed E-state index contributed by atoms with van der Waals surface area (Å²) in [4.78, 5) is 12.7. The van der Waals surface area contributed by atoms with Gasteiger partial charge in [0.25, 0.3) is 0 Å². The number of esters is 1. The highest BCUT2D eigenvalue weighted by Crippen LogP contribution is 2.38. The third-order valence-corrected chi connectivity index (χ3v) is 5.07. The van der Waals surface area contributed by atoms with Gasteiger partial charge in [0, 0.05) is 0 Å². The fraction of sp³-hybridized carbons (Fsp3) is 0.273. The fourth-order valence-electron chi connectivity index (χ4n) is 3.37. The second-order valence-corrected chi connectivity index (χ2v) is 7.27. The Morgan fingerprint density at radius 3 is 2.69 bits per heavy atom. The van der Waals surface area contributed by atoms with Gasteiger partial charge in [-0.05, 0) is 37.1 Å². The van der Waals surface area contributed by atoms with Gasteiger partial charge in [0.15, 0.2) is 11.5 Å². The minimum Gasteiger partial charge on any atom is -0.486 e. The van der Waals surface area contributed by atoms with Crippen molar-refractivity contribution >= 4 is 17.6 Å². The molecule has 1 aliphatic heterocycles. The molecule has 1 aliphatic rings. The Bertz CT molecular complexity index is 1050. The van der Waals surface area contributed by atoms with Crippen molar-refractivity contribution in [1.82, 2.24) is 9.78 Å². The SMILES string of the molecule is Cc1nn(Cc2ccccc2)c(C)c1C(=O)OCc1cc(Cl)c2c(c1)OCCO2. The lowest BCUT2D eigenvalue weighted by Gasteiger charge is -2.20. The Morgan fingerprint density at radius 1 is 1.14 bits per heavy atom. The molecule has 0 bridgehead atoms. The monoisotopic (exact) mass is 412 g/mol. The molecular formula is C22H21ClN2O4. The highest BCUT2D eigenvalue weighted by Gasteiger charge is 2.21. The van der Waals surface area contributed by atoms with Crippen molar-refractivity contribution in [3.05, 3.63) is 75.6 Å². The number of hydrogen-bond acceptors (Lipinski definition) is 5. The summed E-state index contributed by atoms with van der Waals surface area (Å²) in [6.45, 7) is 5.29. The predicted molar refractivity (Wildman–Crippen MR) is 109 cm³/mol. The molecule has 0 radical (unpaired) electrons. The van der Waals surface area contributed by atoms with E-state index in [4.69, 9.17) is 25.8 Å². The van der Waals surface area contributed by atoms with Gasteiger partial charge in [-0.3, -0.25) is 4.68 Å². The second-order valence-electron chi connectivity index (χ2n) is 6.87. The van der Waals surface area contributed by atoms with Gasteiger partial charge in [-0.1, -0.05) is 41.9 Å². The molecule has 0 N–H and O–H groups in total. The first-order valence-corrected chi connectivity index (χ1v) is 9.74. The van der Waals surface area contributed by atoms with Gasteiger partial charge in [0.2, 0.25) is 0 Å². The van der Waals surface area contributed by atoms with E-state index in [-0.39, 0.29) is 6.61 Å². The van der Waals surface area contributed by atoms with Crippen LogP contribution in [0.25, 0.3) is 0 Å². The quantitative estimate of drug-likeness (QED) is 0.584. The first kappa shape index (κ1) is 19.3. The first-order chi connectivity index (χ1) is 14.0. The minimum atomic E-state index is -0.412. The molecule has 0 saturated heterocycles. The van der Waals surface area contributed by atoms with Crippen molar-refractivity contribution in [2.45, 2.75) is 27.0 Å². The van der Waals surface area contributed by atoms with Crippen LogP contribution in [0.2, 0.25) is 5.02 Å². The highest BCUT2D eigenvalue weighted by molar-refractivity contribution is 6.32. The zero-order valence-corrected chi connectivity index (χ0v) is 17.0. The van der Waals surface area contributed by atoms with Gasteiger partial charge < -0.3 is 14.2 Å². The van der Waals surface area contributed by atoms with Crippen LogP contribution >= 0.6 is 11.6 Å². The van der Waals surface area contributed by atoms with Gasteiger partial charge >= 0.3 is 5.97 Å². The lowest BCUT2D eigenvalue weighted by molar-refractivity contribution is 0.0470. The van der Waals surface area contributed by atoms with E-state index < -0.39 is 5.97 Å². The summed E-state index contributed by atoms with van der Waals surface area (Å²) in [5.41, 5.74) is 3.76. The molecule has 3 aromatic rings. The zero-order chi connectivity index (χ0) is 20.4. The Balaban J connectivity index is 1.48. The third kappa shape index (κ3) is 4.07. The summed E-state index contributed by atoms with van der Waals surface area (Å²) < 4.78 is 18.4. The molecule has 0 unspecified atom stereocenters. The maximum atomic E-state index is 12.7. The molecule has 0 saturated carbocycles. The zero-order valence-electron chi connectivity index (χ0n) is 16.3. The number of ether oxygens (including phenoxy) is 3. The molecule has 6 nitrogen and oxygen atoms in total. The molecule has 4 rings (SSSR count). The summed E-state index contributed by atoms with van der Waals surface area (Å²) in [6.07, 6.45) is 0. The van der Waals surface area contributed by atoms with Crippen LogP contribution in [0.4, 0.5) is 0 Å². The summed E-state index contributed by atoms with van der Waals surface area (Å²) >= 11 is 6.25. The molecule has 2 heterocycles. The number of nitrogens with zero attached hydrogens (tertiary/aromatic N) is 2. The normalized spacial score (nSPS) is 12.7. The predicted octanol–water partition coefficient (Wildman–Crippen LogP) is 4.33. The second kappa shape index (κ2) is 8.17. The molecule has 0 aliphatic carbocycles. The lowest BCUT2D eigenvalue weighted by atomic mass is 10.2. The fourth-order valence-corrected chi connectivity index (χ4v) is 3.66. The number of carbonyl (C=O) groups excluding carboxylic acids is 1. The Kier molecular flexibility index (Phi) is 5.45. The Hall–Kier alpha value is -2.99. The number of carbonyl (C=O) groups is 1. The number of halogens is 1. The van der Waals surface area contributed by atoms with Crippen LogP contribution in [0, 0.1) is 13.8 Å². The maximum Gasteiger partial charge on any atom is 0.342 e. The average molecular weight is 413 g/mol. The van der Waals surface area contributed by atoms with Gasteiger partial charge in [0.05, 0.1) is 23.0 Å². The Morgan fingerprint density at radius 2 is 1.90 bits per heavy atom. The number of aryl methyl sites for hydroxylation is 1. The molecular weight excluding hydrogens is 392 g/mol. The number of benzene rings is 2. The molecule has 7 heteroatoms. The van der Waals surface area contributed by atoms with Gasteiger partial charge in [-0.15, -0.1) is 0 Å². The van der Waals surface area contributed by atoms with Crippen molar-refractivity contribution in [1.29, 1.82) is 0 Å². The number of fused-ring (bicyclic) bond motifs is 1. The number of hydrogen-bond donors (Lipinski definition) is 0. The van der Waals surface area contributed by atoms with Crippen LogP contribution in [-0.4, -0.2) is 29.0 Å². The third-order valence-electron chi connectivity index (χ3n) is 4.79. The van der Waals surface area contributed by atoms with E-state index in [2.05, 4.69) is 5.10 Å². The van der Waals surface area contributed by atoms with E-state index in [1.54, 1.807) is 12.1 Å². The van der Waals surface area contributed by atoms with Crippen LogP contribution in [0.3, 0.4) is 0 Å². The van der Waals surface area contributed by atoms with E-state index in [1.807, 2.05) is 48.9 Å². The van der Waals surface area contributed by atoms with E-state index in [9.17, 15) is 4.79 Å². The van der Waals surface area contributed by atoms with E-state index >= 15 is 0 Å². The summed E-state index contributed by atoms with van der Waals surface area (Å²) in [5.74, 6) is 0.685. The van der Waals surface area contributed by atoms with Crippen LogP contribution in [-0.2, 0) is 17.9 Å². The smallest absolute Gasteiger partial charge is 0.342 e. The number of rotatable bonds is 5. The molecule has 0 amide bonds. The molecule has 0 spiro atoms. The molecule has 150 valence electrons. The molecule has 29 heavy (non-hydrogen) atoms. The minimum absolute atomic E-state index is 0.0813. The van der Waals surface area contributed by atoms with E-state index in [0.29, 0.717) is 47.5 Å². The first-order valence-electron chi connectivity index (χ1n) is 9.36. The van der Waals surface area contributed by atoms with E-state index in [0.717, 1.165) is 16.8 Å². The van der Waals surface area contributed by atoms with Crippen LogP contribution in [0.5, 0.6) is 11.5 Å². The summed E-state index contributed by atoms with van der Waals surface area (Å²) in [6, 6.07) is 13.5. The number of aromatic nitrogens is 2. The highest BCUT2D eigenvalue weighted by atomic mass is 35.5. The van der Waals surface area contributed by atoms with Crippen LogP contribution < -0.4 is 9.47 Å².